The van der Waals surface area contributed by atoms with Gasteiger partial charge in [-0.15, -0.1) is 5.10 Å². The van der Waals surface area contributed by atoms with Gasteiger partial charge in [-0.25, -0.2) is 4.68 Å². The van der Waals surface area contributed by atoms with Crippen LogP contribution in [0.25, 0.3) is 11.4 Å². The predicted octanol–water partition coefficient (Wildman–Crippen LogP) is 2.00. The van der Waals surface area contributed by atoms with Crippen LogP contribution in [0.1, 0.15) is 11.9 Å². The largest absolute Gasteiger partial charge is 0.612 e. The molecule has 36 heavy (non-hydrogen) atoms. The fraction of sp³-hybridized carbons (Fsp3) is 0.0870. The van der Waals surface area contributed by atoms with Crippen LogP contribution in [0.5, 0.6) is 0 Å². The van der Waals surface area contributed by atoms with Crippen LogP contribution >= 0.6 is 0 Å². The highest BCUT2D eigenvalue weighted by molar-refractivity contribution is 6.11. The van der Waals surface area contributed by atoms with E-state index in [0.717, 1.165) is 11.8 Å². The standard InChI is InChI=1S/C23H17N9O4/c33-31(34)19-15-20(32(35)36)23-24-25-26-30(23)22(19)21-17(28-9-3-4-10-28)13-16(27-7-1-2-8-27)14-18(21)29-11-5-6-12-29/h1-15,21-22H. The zero-order chi connectivity index (χ0) is 24.8. The van der Waals surface area contributed by atoms with E-state index in [9.17, 15) is 20.5 Å². The van der Waals surface area contributed by atoms with Crippen molar-refractivity contribution in [1.82, 2.24) is 29.3 Å². The van der Waals surface area contributed by atoms with Crippen molar-refractivity contribution in [2.45, 2.75) is 6.04 Å². The van der Waals surface area contributed by atoms with Crippen LogP contribution in [0, 0.1) is 26.4 Å². The summed E-state index contributed by atoms with van der Waals surface area (Å²) < 4.78 is 6.86. The molecule has 0 spiro atoms. The Morgan fingerprint density at radius 1 is 0.861 bits per heavy atom. The lowest BCUT2D eigenvalue weighted by molar-refractivity contribution is -0.434. The maximum Gasteiger partial charge on any atom is 0.278 e. The van der Waals surface area contributed by atoms with E-state index in [1.165, 1.54) is 4.68 Å². The van der Waals surface area contributed by atoms with Crippen LogP contribution in [-0.4, -0.2) is 55.2 Å². The molecule has 1 atom stereocenters. The zero-order valence-corrected chi connectivity index (χ0v) is 18.5. The van der Waals surface area contributed by atoms with E-state index in [4.69, 9.17) is 0 Å². The van der Waals surface area contributed by atoms with Crippen LogP contribution in [0.15, 0.2) is 97.5 Å². The summed E-state index contributed by atoms with van der Waals surface area (Å²) in [6.45, 7) is 0. The molecule has 0 bridgehead atoms. The minimum absolute atomic E-state index is 0.144. The normalized spacial score (nSPS) is 20.8. The van der Waals surface area contributed by atoms with Gasteiger partial charge in [0.25, 0.3) is 11.4 Å². The summed E-state index contributed by atoms with van der Waals surface area (Å²) in [5, 5.41) is 47.1. The first-order valence-electron chi connectivity index (χ1n) is 10.9. The van der Waals surface area contributed by atoms with E-state index in [-0.39, 0.29) is 11.5 Å². The topological polar surface area (TPSA) is 149 Å². The molecule has 13 heteroatoms. The Morgan fingerprint density at radius 2 is 1.44 bits per heavy atom. The first-order chi connectivity index (χ1) is 17.5. The molecule has 13 nitrogen and oxygen atoms in total. The fourth-order valence-corrected chi connectivity index (χ4v) is 4.71. The van der Waals surface area contributed by atoms with E-state index in [0.29, 0.717) is 11.4 Å². The number of fused-ring (bicyclic) bond motifs is 1. The number of nitro groups is 1. The molecule has 1 aliphatic carbocycles. The summed E-state index contributed by atoms with van der Waals surface area (Å²) >= 11 is 0. The van der Waals surface area contributed by atoms with Crippen molar-refractivity contribution in [2.24, 2.45) is 5.92 Å². The van der Waals surface area contributed by atoms with Gasteiger partial charge < -0.3 is 19.5 Å². The van der Waals surface area contributed by atoms with Crippen molar-refractivity contribution in [1.29, 1.82) is 0 Å². The molecule has 0 fully saturated rings. The van der Waals surface area contributed by atoms with E-state index in [1.807, 2.05) is 99.5 Å². The number of tetrazole rings is 1. The van der Waals surface area contributed by atoms with E-state index >= 15 is 0 Å². The highest BCUT2D eigenvalue weighted by Crippen LogP contribution is 2.44. The van der Waals surface area contributed by atoms with Gasteiger partial charge in [-0.2, -0.15) is 9.48 Å². The van der Waals surface area contributed by atoms with Crippen LogP contribution in [0.3, 0.4) is 0 Å². The van der Waals surface area contributed by atoms with Crippen LogP contribution < -0.4 is 0 Å². The van der Waals surface area contributed by atoms with Gasteiger partial charge in [0.05, 0.1) is 16.9 Å². The highest BCUT2D eigenvalue weighted by atomic mass is 16.8. The lowest BCUT2D eigenvalue weighted by atomic mass is 9.83. The van der Waals surface area contributed by atoms with Crippen molar-refractivity contribution >= 4 is 22.8 Å². The quantitative estimate of drug-likeness (QED) is 0.238. The van der Waals surface area contributed by atoms with Gasteiger partial charge in [-0.05, 0) is 34.7 Å². The van der Waals surface area contributed by atoms with E-state index in [2.05, 4.69) is 15.5 Å². The van der Waals surface area contributed by atoms with Crippen molar-refractivity contribution in [3.8, 4) is 0 Å². The molecule has 1 unspecified atom stereocenters. The molecular weight excluding hydrogens is 466 g/mol. The summed E-state index contributed by atoms with van der Waals surface area (Å²) in [6, 6.07) is 6.35. The minimum Gasteiger partial charge on any atom is -0.612 e. The Balaban J connectivity index is 1.65. The molecule has 2 aliphatic heterocycles. The molecule has 0 radical (unpaired) electrons. The molecule has 0 N–H and O–H groups in total. The molecule has 5 heterocycles. The summed E-state index contributed by atoms with van der Waals surface area (Å²) in [4.78, 5) is 11.0. The van der Waals surface area contributed by atoms with Crippen LogP contribution in [-0.2, 0) is 0 Å². The summed E-state index contributed by atoms with van der Waals surface area (Å²) in [7, 11) is 0. The number of aromatic nitrogens is 6. The first-order valence-corrected chi connectivity index (χ1v) is 10.9. The lowest BCUT2D eigenvalue weighted by Crippen LogP contribution is -2.37. The summed E-state index contributed by atoms with van der Waals surface area (Å²) in [6.07, 6.45) is 19.8. The Kier molecular flexibility index (Phi) is 4.81. The molecular formula is C23H17N9O4. The Labute approximate surface area is 202 Å². The third-order valence-electron chi connectivity index (χ3n) is 6.23. The molecule has 3 aromatic heterocycles. The van der Waals surface area contributed by atoms with E-state index < -0.39 is 27.5 Å². The molecule has 178 valence electrons. The average molecular weight is 483 g/mol. The van der Waals surface area contributed by atoms with Crippen LogP contribution in [0.2, 0.25) is 0 Å². The number of nitrogens with zero attached hydrogens (tertiary/aromatic N) is 9. The smallest absolute Gasteiger partial charge is 0.278 e. The third-order valence-corrected chi connectivity index (χ3v) is 6.23. The van der Waals surface area contributed by atoms with Gasteiger partial charge in [0.15, 0.2) is 18.4 Å². The second kappa shape index (κ2) is 8.16. The van der Waals surface area contributed by atoms with Gasteiger partial charge >= 0.3 is 0 Å². The number of hydrogen-bond donors (Lipinski definition) is 0. The zero-order valence-electron chi connectivity index (χ0n) is 18.5. The van der Waals surface area contributed by atoms with E-state index in [1.54, 1.807) is 0 Å². The van der Waals surface area contributed by atoms with Gasteiger partial charge in [-0.3, -0.25) is 10.1 Å². The second-order valence-electron chi connectivity index (χ2n) is 8.17. The van der Waals surface area contributed by atoms with Gasteiger partial charge in [0.1, 0.15) is 0 Å². The minimum atomic E-state index is -1.07. The SMILES string of the molecule is O=[N+]([O-])C1=CC(=[N+]([O-])[O-])c2nnnn2C1C1C(n2cccc2)=CC(=[N+]2C=CC=C2)C=C1n1cccc1. The van der Waals surface area contributed by atoms with Crippen molar-refractivity contribution in [2.75, 3.05) is 0 Å². The molecule has 3 aromatic rings. The predicted molar refractivity (Wildman–Crippen MR) is 127 cm³/mol. The van der Waals surface area contributed by atoms with Crippen molar-refractivity contribution in [3.63, 3.8) is 0 Å². The molecule has 0 saturated heterocycles. The number of rotatable bonds is 4. The highest BCUT2D eigenvalue weighted by Gasteiger charge is 2.48. The Hall–Kier alpha value is -5.33. The molecule has 0 saturated carbocycles. The molecule has 0 aromatic carbocycles. The summed E-state index contributed by atoms with van der Waals surface area (Å²) in [5.41, 5.74) is 1.33. The lowest BCUT2D eigenvalue weighted by Gasteiger charge is -2.33. The Morgan fingerprint density at radius 3 is 1.97 bits per heavy atom. The first kappa shape index (κ1) is 21.2. The van der Waals surface area contributed by atoms with Crippen molar-refractivity contribution in [3.05, 3.63) is 124 Å². The molecule has 6 rings (SSSR count). The van der Waals surface area contributed by atoms with Gasteiger partial charge in [0, 0.05) is 60.5 Å². The number of allylic oxidation sites excluding steroid dienone is 8. The average Bonchev–Trinajstić information content (AvgIpc) is 3.70. The van der Waals surface area contributed by atoms with Gasteiger partial charge in [0.2, 0.25) is 11.5 Å². The van der Waals surface area contributed by atoms with Crippen LogP contribution in [0.4, 0.5) is 0 Å². The Bertz CT molecular complexity index is 1510. The fourth-order valence-electron chi connectivity index (χ4n) is 4.71. The molecule has 0 amide bonds. The maximum atomic E-state index is 12.3. The summed E-state index contributed by atoms with van der Waals surface area (Å²) in [5.74, 6) is -0.828. The van der Waals surface area contributed by atoms with Crippen molar-refractivity contribution < 1.29 is 14.4 Å². The number of hydrogen-bond acceptors (Lipinski definition) is 7. The van der Waals surface area contributed by atoms with Gasteiger partial charge in [-0.1, -0.05) is 0 Å². The third kappa shape index (κ3) is 3.29. The second-order valence-corrected chi connectivity index (χ2v) is 8.17. The maximum absolute atomic E-state index is 12.3. The molecule has 3 aliphatic rings. The monoisotopic (exact) mass is 483 g/mol.